The molecule has 12 rings (SSSR count). The molecule has 0 saturated heterocycles. The minimum absolute atomic E-state index is 0.0194. The third-order valence-corrected chi connectivity index (χ3v) is 30.4. The van der Waals surface area contributed by atoms with Crippen molar-refractivity contribution in [2.24, 2.45) is 28.1 Å². The number of esters is 10. The van der Waals surface area contributed by atoms with Gasteiger partial charge in [0, 0.05) is 86.8 Å². The second kappa shape index (κ2) is 41.6. The van der Waals surface area contributed by atoms with Gasteiger partial charge >= 0.3 is 59.7 Å². The Morgan fingerprint density at radius 2 is 0.735 bits per heavy atom. The monoisotopic (exact) mass is 1910 g/mol. The van der Waals surface area contributed by atoms with Crippen LogP contribution in [-0.2, 0) is 95.3 Å². The molecule has 4 saturated carbocycles. The smallest absolute Gasteiger partial charge is 0.350 e. The van der Waals surface area contributed by atoms with Crippen molar-refractivity contribution in [3.63, 3.8) is 0 Å². The molecule has 0 aliphatic heterocycles. The Kier molecular flexibility index (Phi) is 31.6. The number of aliphatic hydroxyl groups excluding tert-OH is 4. The molecule has 0 spiro atoms. The minimum atomic E-state index is -3.35. The number of hydrogen-bond donors (Lipinski definition) is 9. The number of aliphatic hydroxyl groups is 7. The largest absolute Gasteiger partial charge is 0.456 e. The lowest BCUT2D eigenvalue weighted by atomic mass is 9.45. The number of ether oxygens (including phenoxy) is 10. The summed E-state index contributed by atoms with van der Waals surface area (Å²) in [5.74, 6) is -20.3. The van der Waals surface area contributed by atoms with Crippen molar-refractivity contribution >= 4 is 105 Å². The number of hydrogen-bond acceptors (Lipinski definition) is 33. The molecule has 0 heterocycles. The van der Waals surface area contributed by atoms with Gasteiger partial charge < -0.3 is 93.7 Å². The molecule has 0 radical (unpaired) electrons. The highest BCUT2D eigenvalue weighted by atomic mass is 33.1. The Morgan fingerprint density at radius 1 is 0.412 bits per heavy atom. The number of ketones is 2. The zero-order chi connectivity index (χ0) is 99.3. The first-order valence-electron chi connectivity index (χ1n) is 44.8. The van der Waals surface area contributed by atoms with Gasteiger partial charge in [-0.2, -0.15) is 0 Å². The fourth-order valence-corrected chi connectivity index (χ4v) is 22.9. The molecule has 4 fully saturated rings. The van der Waals surface area contributed by atoms with Crippen LogP contribution < -0.4 is 10.6 Å². The van der Waals surface area contributed by atoms with Gasteiger partial charge in [-0.05, 0) is 116 Å². The molecule has 6 aromatic carbocycles. The minimum Gasteiger partial charge on any atom is -0.456 e. The summed E-state index contributed by atoms with van der Waals surface area (Å²) in [6.07, 6.45) is -30.1. The molecule has 9 N–H and O–H groups in total. The maximum Gasteiger partial charge on any atom is 0.350 e. The van der Waals surface area contributed by atoms with Crippen molar-refractivity contribution in [1.29, 1.82) is 0 Å². The van der Waals surface area contributed by atoms with E-state index in [1.54, 1.807) is 84.9 Å². The summed E-state index contributed by atoms with van der Waals surface area (Å²) < 4.78 is 62.3. The summed E-state index contributed by atoms with van der Waals surface area (Å²) in [6.45, 7) is 16.5. The molecular weight excluding hydrogens is 1800 g/mol. The van der Waals surface area contributed by atoms with Gasteiger partial charge in [0.05, 0.1) is 65.6 Å². The number of rotatable bonds is 31. The third kappa shape index (κ3) is 19.8. The van der Waals surface area contributed by atoms with Gasteiger partial charge in [-0.3, -0.25) is 47.9 Å². The van der Waals surface area contributed by atoms with E-state index in [4.69, 9.17) is 47.4 Å². The van der Waals surface area contributed by atoms with Gasteiger partial charge in [0.2, 0.25) is 18.0 Å². The Hall–Kier alpha value is -11.8. The molecule has 33 nitrogen and oxygen atoms in total. The van der Waals surface area contributed by atoms with E-state index < -0.39 is 269 Å². The number of nitrogens with one attached hydrogen (secondary N) is 2. The Bertz CT molecular complexity index is 5230. The zero-order valence-electron chi connectivity index (χ0n) is 77.4. The van der Waals surface area contributed by atoms with Gasteiger partial charge in [-0.25, -0.2) is 19.2 Å². The number of Topliss-reactive ketones (excluding diaryl/α,β-unsaturated/α-hetero) is 2. The van der Waals surface area contributed by atoms with E-state index in [0.717, 1.165) is 49.3 Å². The normalized spacial score (nSPS) is 29.5. The highest BCUT2D eigenvalue weighted by Crippen LogP contribution is 2.65. The van der Waals surface area contributed by atoms with Gasteiger partial charge in [0.15, 0.2) is 23.6 Å². The topological polar surface area (TPSA) is 497 Å². The number of benzene rings is 6. The fraction of sp³-hybridized carbons (Fsp3) is 0.465. The summed E-state index contributed by atoms with van der Waals surface area (Å²) in [4.78, 5) is 207. The first-order chi connectivity index (χ1) is 64.2. The van der Waals surface area contributed by atoms with Crippen LogP contribution in [0.2, 0.25) is 0 Å². The molecule has 136 heavy (non-hydrogen) atoms. The number of fused-ring (bicyclic) bond motifs is 6. The van der Waals surface area contributed by atoms with E-state index in [9.17, 15) is 83.7 Å². The molecule has 0 unspecified atom stereocenters. The van der Waals surface area contributed by atoms with Gasteiger partial charge in [0.1, 0.15) is 58.9 Å². The van der Waals surface area contributed by atoms with Gasteiger partial charge in [0.25, 0.3) is 11.8 Å². The molecule has 6 aliphatic rings. The quantitative estimate of drug-likeness (QED) is 0.00643. The van der Waals surface area contributed by atoms with Crippen molar-refractivity contribution in [3.8, 4) is 0 Å². The first-order valence-corrected chi connectivity index (χ1v) is 47.3. The third-order valence-electron chi connectivity index (χ3n) is 27.9. The van der Waals surface area contributed by atoms with Crippen LogP contribution >= 0.6 is 21.6 Å². The number of carbonyl (C=O) groups excluding carboxylic acids is 14. The van der Waals surface area contributed by atoms with Crippen LogP contribution in [0.15, 0.2) is 204 Å². The van der Waals surface area contributed by atoms with Crippen molar-refractivity contribution in [1.82, 2.24) is 10.6 Å². The molecule has 0 aromatic heterocycles. The Labute approximate surface area is 793 Å². The van der Waals surface area contributed by atoms with Crippen LogP contribution in [0, 0.1) is 28.1 Å². The molecule has 22 atom stereocenters. The Morgan fingerprint density at radius 3 is 1.08 bits per heavy atom. The van der Waals surface area contributed by atoms with Crippen LogP contribution in [0.1, 0.15) is 206 Å². The average Bonchev–Trinajstić information content (AvgIpc) is 0.678. The van der Waals surface area contributed by atoms with Crippen molar-refractivity contribution in [2.75, 3.05) is 11.5 Å². The summed E-state index contributed by atoms with van der Waals surface area (Å²) in [5, 5.41) is 96.9. The van der Waals surface area contributed by atoms with E-state index in [2.05, 4.69) is 10.6 Å². The maximum atomic E-state index is 16.2. The van der Waals surface area contributed by atoms with Gasteiger partial charge in [-0.1, -0.05) is 197 Å². The Balaban J connectivity index is 0.859. The van der Waals surface area contributed by atoms with Crippen LogP contribution in [-0.4, -0.2) is 232 Å². The van der Waals surface area contributed by atoms with Crippen LogP contribution in [0.3, 0.4) is 0 Å². The predicted molar refractivity (Wildman–Crippen MR) is 487 cm³/mol. The molecular formula is C101H114N2O31S2. The zero-order valence-corrected chi connectivity index (χ0v) is 79.0. The van der Waals surface area contributed by atoms with E-state index in [0.29, 0.717) is 0 Å². The van der Waals surface area contributed by atoms with Crippen LogP contribution in [0.5, 0.6) is 0 Å². The molecule has 4 bridgehead atoms. The lowest BCUT2D eigenvalue weighted by molar-refractivity contribution is -0.301. The SMILES string of the molecule is CC[C@]1(OC(C)=O)[C@H](O)C[C@H](O)[C@@]2(C)C(=O)[C@H](OC(C)=O)C3=C(C)[C@@H](OC(=O)[C@H](OC(=O)CCSSCCC(=O)O[C@@H](C(=O)O[C@H]4C[C@@]5(O)[C@@H](OC(=O)c6ccccc6)[C@@H]6[C@@](CC)(OC(C)=O)[C@H](O)C[C@H](O)[C@@]6(O)C(=O)[C@H](OC(C)=O)C(=C4C)C5(C)C)[C@@H](NC(=O)c4ccccc4)c4ccccc4)[C@@H](NC(=O)c4ccccc4)c4ccccc4)C[C@@](O)([C@@H](OC(=O)c4ccccc4)[C@H]12)C3(C)C. The second-order valence-corrected chi connectivity index (χ2v) is 39.2. The van der Waals surface area contributed by atoms with Crippen molar-refractivity contribution in [3.05, 3.63) is 238 Å². The van der Waals surface area contributed by atoms with Crippen LogP contribution in [0.4, 0.5) is 0 Å². The van der Waals surface area contributed by atoms with Crippen molar-refractivity contribution < 1.29 is 150 Å². The molecule has 35 heteroatoms. The molecule has 2 amide bonds. The highest BCUT2D eigenvalue weighted by Gasteiger charge is 2.79. The van der Waals surface area contributed by atoms with E-state index >= 15 is 19.2 Å². The van der Waals surface area contributed by atoms with Crippen LogP contribution in [0.25, 0.3) is 0 Å². The maximum absolute atomic E-state index is 16.2. The van der Waals surface area contributed by atoms with E-state index in [1.807, 2.05) is 0 Å². The summed E-state index contributed by atoms with van der Waals surface area (Å²) in [6, 6.07) is 42.4. The lowest BCUT2D eigenvalue weighted by Gasteiger charge is -2.64. The molecule has 6 aromatic rings. The second-order valence-electron chi connectivity index (χ2n) is 36.5. The lowest BCUT2D eigenvalue weighted by Crippen LogP contribution is -2.81. The first kappa shape index (κ1) is 103. The summed E-state index contributed by atoms with van der Waals surface area (Å²) >= 11 is 0. The van der Waals surface area contributed by atoms with Gasteiger partial charge in [-0.15, -0.1) is 0 Å². The molecule has 6 aliphatic carbocycles. The summed E-state index contributed by atoms with van der Waals surface area (Å²) in [5.41, 5.74) is -20.5. The number of amides is 2. The summed E-state index contributed by atoms with van der Waals surface area (Å²) in [7, 11) is 2.03. The van der Waals surface area contributed by atoms with E-state index in [1.165, 1.54) is 159 Å². The fourth-order valence-electron chi connectivity index (χ4n) is 21.0. The molecule has 726 valence electrons. The standard InChI is InChI=1S/C101H114N2O31S2/c1-14-97(133-58(7)106)69(109)50-68(108)96(13)82(97)86(131-90(118)64-42-30-20-31-43-64)99(122)52-66(54(3)74(94(99,9)10)78(84(96)114)125-56(5)104)127-92(120)80(76(60-34-22-16-23-35-60)102-88(116)62-38-26-18-27-39-62)129-72(112)46-48-135-136-49-47-73(113)130-81(77(61-36-24-17-25-37-61)103-89(117)63-40-28-19-29-41-63)93(121)128-67-53-100(123)87(132-91(119)65-44-32-21-33-45-65)83-98(15-2,134-59(8)107)70(110)51-71(111)101(83,124)85(115)79(126-57(6)105)75(55(67)4)95(100,11)12/h16-45,66-71,76-83,86-87,108-111,122-124H,14-15,46-53H2,1-13H3,(H,102,116)(H,103,117)/t66-,67-,68-,69+,70+,71-,76-,77-,78+,79+,80+,81+,82-,83+,86-,87-,96+,97-,98-,99+,100+,101-/m0/s1. The average molecular weight is 1920 g/mol. The van der Waals surface area contributed by atoms with Crippen molar-refractivity contribution in [2.45, 2.75) is 255 Å². The predicted octanol–water partition coefficient (Wildman–Crippen LogP) is 9.22. The highest BCUT2D eigenvalue weighted by molar-refractivity contribution is 8.76. The number of carbonyl (C=O) groups is 14. The van der Waals surface area contributed by atoms with E-state index in [-0.39, 0.29) is 73.6 Å².